The van der Waals surface area contributed by atoms with Crippen molar-refractivity contribution in [1.29, 1.82) is 0 Å². The molecule has 0 saturated heterocycles. The molecule has 1 aliphatic rings. The van der Waals surface area contributed by atoms with E-state index >= 15 is 0 Å². The molecule has 0 atom stereocenters. The van der Waals surface area contributed by atoms with Crippen molar-refractivity contribution in [1.82, 2.24) is 0 Å². The molecule has 0 fully saturated rings. The van der Waals surface area contributed by atoms with Gasteiger partial charge in [-0.05, 0) is 12.1 Å². The van der Waals surface area contributed by atoms with E-state index in [1.807, 2.05) is 0 Å². The van der Waals surface area contributed by atoms with E-state index in [0.717, 1.165) is 0 Å². The highest BCUT2D eigenvalue weighted by Crippen LogP contribution is 2.34. The van der Waals surface area contributed by atoms with Crippen molar-refractivity contribution >= 4 is 36.8 Å². The molecule has 0 spiro atoms. The summed E-state index contributed by atoms with van der Waals surface area (Å²) < 4.78 is 0. The average molecular weight is 272 g/mol. The molecule has 4 heteroatoms. The molecular formula is C14H8O2S2. The second-order valence-electron chi connectivity index (χ2n) is 4.06. The van der Waals surface area contributed by atoms with Gasteiger partial charge in [-0.2, -0.15) is 0 Å². The Morgan fingerprint density at radius 2 is 1.06 bits per heavy atom. The standard InChI is InChI=1S/C14H8O2S2/c15-13-7-3-1-2-4-8(7)14(16)12-10(18)6-5-9(17)11(12)13/h1-6,17-18H. The van der Waals surface area contributed by atoms with Gasteiger partial charge in [0.1, 0.15) is 0 Å². The van der Waals surface area contributed by atoms with Gasteiger partial charge in [0, 0.05) is 32.0 Å². The number of hydrogen-bond donors (Lipinski definition) is 2. The van der Waals surface area contributed by atoms with E-state index in [-0.39, 0.29) is 11.6 Å². The van der Waals surface area contributed by atoms with Crippen LogP contribution in [0.1, 0.15) is 31.8 Å². The molecule has 18 heavy (non-hydrogen) atoms. The van der Waals surface area contributed by atoms with Crippen LogP contribution in [0.4, 0.5) is 0 Å². The van der Waals surface area contributed by atoms with E-state index in [0.29, 0.717) is 32.0 Å². The van der Waals surface area contributed by atoms with Crippen LogP contribution >= 0.6 is 25.3 Å². The number of carbonyl (C=O) groups excluding carboxylic acids is 2. The molecule has 1 aliphatic carbocycles. The lowest BCUT2D eigenvalue weighted by atomic mass is 9.84. The van der Waals surface area contributed by atoms with Crippen LogP contribution in [0.2, 0.25) is 0 Å². The number of hydrogen-bond acceptors (Lipinski definition) is 4. The van der Waals surface area contributed by atoms with Gasteiger partial charge in [-0.15, -0.1) is 25.3 Å². The molecule has 3 rings (SSSR count). The van der Waals surface area contributed by atoms with Gasteiger partial charge in [-0.3, -0.25) is 9.59 Å². The molecule has 0 N–H and O–H groups in total. The first kappa shape index (κ1) is 11.6. The molecule has 0 saturated carbocycles. The minimum atomic E-state index is -0.166. The molecule has 0 bridgehead atoms. The Bertz CT molecular complexity index is 645. The lowest BCUT2D eigenvalue weighted by Gasteiger charge is -2.19. The maximum Gasteiger partial charge on any atom is 0.195 e. The second kappa shape index (κ2) is 4.00. The van der Waals surface area contributed by atoms with E-state index in [9.17, 15) is 9.59 Å². The zero-order valence-corrected chi connectivity index (χ0v) is 11.0. The lowest BCUT2D eigenvalue weighted by Crippen LogP contribution is -2.22. The Balaban J connectivity index is 2.41. The summed E-state index contributed by atoms with van der Waals surface area (Å²) in [6.07, 6.45) is 0. The third-order valence-electron chi connectivity index (χ3n) is 3.03. The second-order valence-corrected chi connectivity index (χ2v) is 5.02. The molecule has 0 heterocycles. The van der Waals surface area contributed by atoms with Crippen LogP contribution in [0.5, 0.6) is 0 Å². The van der Waals surface area contributed by atoms with Crippen molar-refractivity contribution in [2.75, 3.05) is 0 Å². The van der Waals surface area contributed by atoms with Gasteiger partial charge < -0.3 is 0 Å². The van der Waals surface area contributed by atoms with Crippen molar-refractivity contribution in [3.63, 3.8) is 0 Å². The fourth-order valence-electron chi connectivity index (χ4n) is 2.19. The van der Waals surface area contributed by atoms with Crippen LogP contribution in [0.3, 0.4) is 0 Å². The molecule has 0 unspecified atom stereocenters. The number of thiol groups is 2. The highest BCUT2D eigenvalue weighted by Gasteiger charge is 2.32. The summed E-state index contributed by atoms with van der Waals surface area (Å²) in [5, 5.41) is 0. The van der Waals surface area contributed by atoms with Crippen LogP contribution in [0, 0.1) is 0 Å². The molecule has 0 aliphatic heterocycles. The maximum atomic E-state index is 12.4. The van der Waals surface area contributed by atoms with Crippen LogP contribution in [-0.4, -0.2) is 11.6 Å². The van der Waals surface area contributed by atoms with Crippen molar-refractivity contribution in [2.45, 2.75) is 9.79 Å². The zero-order chi connectivity index (χ0) is 12.9. The number of carbonyl (C=O) groups is 2. The van der Waals surface area contributed by atoms with Gasteiger partial charge in [0.05, 0.1) is 0 Å². The summed E-state index contributed by atoms with van der Waals surface area (Å²) in [4.78, 5) is 25.8. The molecule has 2 aromatic rings. The van der Waals surface area contributed by atoms with Gasteiger partial charge in [0.15, 0.2) is 11.6 Å². The predicted octanol–water partition coefficient (Wildman–Crippen LogP) is 3.04. The van der Waals surface area contributed by atoms with Crippen molar-refractivity contribution < 1.29 is 9.59 Å². The topological polar surface area (TPSA) is 34.1 Å². The quantitative estimate of drug-likeness (QED) is 0.617. The van der Waals surface area contributed by atoms with Crippen molar-refractivity contribution in [3.05, 3.63) is 58.7 Å². The van der Waals surface area contributed by atoms with E-state index in [4.69, 9.17) is 0 Å². The monoisotopic (exact) mass is 272 g/mol. The minimum absolute atomic E-state index is 0.166. The Morgan fingerprint density at radius 1 is 0.667 bits per heavy atom. The first-order valence-electron chi connectivity index (χ1n) is 5.34. The third kappa shape index (κ3) is 1.46. The zero-order valence-electron chi connectivity index (χ0n) is 9.18. The molecule has 2 aromatic carbocycles. The summed E-state index contributed by atoms with van der Waals surface area (Å²) >= 11 is 8.53. The van der Waals surface area contributed by atoms with Crippen molar-refractivity contribution in [3.8, 4) is 0 Å². The smallest absolute Gasteiger partial charge is 0.195 e. The summed E-state index contributed by atoms with van der Waals surface area (Å²) in [5.74, 6) is -0.331. The Hall–Kier alpha value is -1.52. The van der Waals surface area contributed by atoms with Crippen molar-refractivity contribution in [2.24, 2.45) is 0 Å². The number of fused-ring (bicyclic) bond motifs is 2. The number of rotatable bonds is 0. The van der Waals surface area contributed by atoms with E-state index in [1.165, 1.54) is 0 Å². The maximum absolute atomic E-state index is 12.4. The molecule has 2 nitrogen and oxygen atoms in total. The Morgan fingerprint density at radius 3 is 1.44 bits per heavy atom. The molecular weight excluding hydrogens is 264 g/mol. The van der Waals surface area contributed by atoms with E-state index in [2.05, 4.69) is 25.3 Å². The normalized spacial score (nSPS) is 13.2. The summed E-state index contributed by atoms with van der Waals surface area (Å²) in [6.45, 7) is 0. The highest BCUT2D eigenvalue weighted by molar-refractivity contribution is 7.80. The third-order valence-corrected chi connectivity index (χ3v) is 3.78. The predicted molar refractivity (Wildman–Crippen MR) is 74.3 cm³/mol. The SMILES string of the molecule is O=C1c2ccccc2C(=O)c2c(S)ccc(S)c21. The summed E-state index contributed by atoms with van der Waals surface area (Å²) in [6, 6.07) is 10.2. The molecule has 0 aromatic heterocycles. The largest absolute Gasteiger partial charge is 0.289 e. The van der Waals surface area contributed by atoms with Crippen LogP contribution in [-0.2, 0) is 0 Å². The van der Waals surface area contributed by atoms with Gasteiger partial charge in [-0.25, -0.2) is 0 Å². The fraction of sp³-hybridized carbons (Fsp3) is 0. The molecule has 0 radical (unpaired) electrons. The average Bonchev–Trinajstić information content (AvgIpc) is 2.38. The van der Waals surface area contributed by atoms with Gasteiger partial charge >= 0.3 is 0 Å². The summed E-state index contributed by atoms with van der Waals surface area (Å²) in [5.41, 5.74) is 1.58. The van der Waals surface area contributed by atoms with Gasteiger partial charge in [-0.1, -0.05) is 24.3 Å². The first-order valence-corrected chi connectivity index (χ1v) is 6.24. The van der Waals surface area contributed by atoms with Crippen LogP contribution < -0.4 is 0 Å². The first-order chi connectivity index (χ1) is 8.61. The Labute approximate surface area is 115 Å². The van der Waals surface area contributed by atoms with Crippen LogP contribution in [0.25, 0.3) is 0 Å². The molecule has 88 valence electrons. The summed E-state index contributed by atoms with van der Waals surface area (Å²) in [7, 11) is 0. The van der Waals surface area contributed by atoms with Gasteiger partial charge in [0.2, 0.25) is 0 Å². The van der Waals surface area contributed by atoms with Crippen LogP contribution in [0.15, 0.2) is 46.2 Å². The number of ketones is 2. The van der Waals surface area contributed by atoms with E-state index in [1.54, 1.807) is 36.4 Å². The molecule has 0 amide bonds. The van der Waals surface area contributed by atoms with Gasteiger partial charge in [0.25, 0.3) is 0 Å². The lowest BCUT2D eigenvalue weighted by molar-refractivity contribution is 0.0974. The Kier molecular flexibility index (Phi) is 2.57. The highest BCUT2D eigenvalue weighted by atomic mass is 32.1. The fourth-order valence-corrected chi connectivity index (χ4v) is 2.76. The minimum Gasteiger partial charge on any atom is -0.289 e. The van der Waals surface area contributed by atoms with E-state index < -0.39 is 0 Å². The number of benzene rings is 2.